The fraction of sp³-hybridized carbons (Fsp3) is 0.227. The number of anilines is 1. The van der Waals surface area contributed by atoms with Gasteiger partial charge in [-0.25, -0.2) is 0 Å². The lowest BCUT2D eigenvalue weighted by Gasteiger charge is -2.11. The van der Waals surface area contributed by atoms with Crippen molar-refractivity contribution < 1.29 is 9.53 Å². The first kappa shape index (κ1) is 18.5. The van der Waals surface area contributed by atoms with Crippen LogP contribution >= 0.6 is 15.9 Å². The highest BCUT2D eigenvalue weighted by Gasteiger charge is 2.09. The molecule has 0 bridgehead atoms. The maximum absolute atomic E-state index is 12.2. The van der Waals surface area contributed by atoms with Crippen LogP contribution in [0.3, 0.4) is 0 Å². The summed E-state index contributed by atoms with van der Waals surface area (Å²) in [5, 5.41) is 5.06. The van der Waals surface area contributed by atoms with Crippen LogP contribution < -0.4 is 10.1 Å². The van der Waals surface area contributed by atoms with E-state index in [4.69, 9.17) is 4.74 Å². The summed E-state index contributed by atoms with van der Waals surface area (Å²) >= 11 is 3.57. The molecule has 3 nitrogen and oxygen atoms in total. The molecule has 0 spiro atoms. The van der Waals surface area contributed by atoms with Gasteiger partial charge in [-0.2, -0.15) is 0 Å². The first-order valence-electron chi connectivity index (χ1n) is 8.86. The van der Waals surface area contributed by atoms with Gasteiger partial charge in [0, 0.05) is 5.69 Å². The quantitative estimate of drug-likeness (QED) is 0.520. The summed E-state index contributed by atoms with van der Waals surface area (Å²) in [6, 6.07) is 19.9. The molecule has 0 aliphatic rings. The normalized spacial score (nSPS) is 10.7. The third kappa shape index (κ3) is 4.64. The van der Waals surface area contributed by atoms with Crippen molar-refractivity contribution in [1.29, 1.82) is 0 Å². The third-order valence-electron chi connectivity index (χ3n) is 4.24. The van der Waals surface area contributed by atoms with Gasteiger partial charge in [-0.3, -0.25) is 4.79 Å². The van der Waals surface area contributed by atoms with E-state index in [1.54, 1.807) is 0 Å². The molecule has 0 unspecified atom stereocenters. The third-order valence-corrected chi connectivity index (χ3v) is 5.06. The molecule has 0 saturated carbocycles. The molecule has 3 aromatic rings. The van der Waals surface area contributed by atoms with Crippen molar-refractivity contribution in [1.82, 2.24) is 0 Å². The van der Waals surface area contributed by atoms with Gasteiger partial charge in [-0.15, -0.1) is 0 Å². The van der Waals surface area contributed by atoms with Gasteiger partial charge in [0.05, 0.1) is 4.47 Å². The Hall–Kier alpha value is -2.33. The van der Waals surface area contributed by atoms with Gasteiger partial charge in [-0.1, -0.05) is 55.8 Å². The van der Waals surface area contributed by atoms with E-state index in [0.717, 1.165) is 27.4 Å². The van der Waals surface area contributed by atoms with Gasteiger partial charge in [-0.05, 0) is 63.3 Å². The standard InChI is InChI=1S/C22H22BrNO2/c1-2-3-6-16-9-12-18(13-10-16)24-21(25)15-26-20-14-11-17-7-4-5-8-19(17)22(20)23/h4-5,7-14H,2-3,6,15H2,1H3,(H,24,25). The molecule has 0 radical (unpaired) electrons. The van der Waals surface area contributed by atoms with Gasteiger partial charge in [0.25, 0.3) is 5.91 Å². The molecule has 3 rings (SSSR count). The van der Waals surface area contributed by atoms with Gasteiger partial charge < -0.3 is 10.1 Å². The summed E-state index contributed by atoms with van der Waals surface area (Å²) in [6.07, 6.45) is 3.43. The van der Waals surface area contributed by atoms with E-state index in [-0.39, 0.29) is 12.5 Å². The van der Waals surface area contributed by atoms with Crippen molar-refractivity contribution in [3.05, 3.63) is 70.7 Å². The van der Waals surface area contributed by atoms with Crippen molar-refractivity contribution >= 4 is 38.3 Å². The Morgan fingerprint density at radius 2 is 1.81 bits per heavy atom. The maximum atomic E-state index is 12.2. The van der Waals surface area contributed by atoms with Crippen LogP contribution in [-0.2, 0) is 11.2 Å². The Labute approximate surface area is 162 Å². The second kappa shape index (κ2) is 8.86. The van der Waals surface area contributed by atoms with Gasteiger partial charge >= 0.3 is 0 Å². The minimum absolute atomic E-state index is 0.0332. The second-order valence-corrected chi connectivity index (χ2v) is 7.03. The number of amides is 1. The number of nitrogens with one attached hydrogen (secondary N) is 1. The number of ether oxygens (including phenoxy) is 1. The van der Waals surface area contributed by atoms with Crippen molar-refractivity contribution in [3.8, 4) is 5.75 Å². The predicted octanol–water partition coefficient (Wildman–Crippen LogP) is 5.96. The Bertz CT molecular complexity index is 890. The molecule has 1 amide bonds. The second-order valence-electron chi connectivity index (χ2n) is 6.24. The molecule has 0 atom stereocenters. The molecular formula is C22H22BrNO2. The van der Waals surface area contributed by atoms with E-state index in [9.17, 15) is 4.79 Å². The first-order chi connectivity index (χ1) is 12.7. The minimum Gasteiger partial charge on any atom is -0.483 e. The van der Waals surface area contributed by atoms with Crippen molar-refractivity contribution in [2.45, 2.75) is 26.2 Å². The topological polar surface area (TPSA) is 38.3 Å². The fourth-order valence-electron chi connectivity index (χ4n) is 2.80. The minimum atomic E-state index is -0.175. The van der Waals surface area contributed by atoms with Crippen molar-refractivity contribution in [2.75, 3.05) is 11.9 Å². The van der Waals surface area contributed by atoms with E-state index >= 15 is 0 Å². The van der Waals surface area contributed by atoms with Crippen LogP contribution in [0.1, 0.15) is 25.3 Å². The molecule has 1 N–H and O–H groups in total. The number of rotatable bonds is 7. The van der Waals surface area contributed by atoms with Crippen LogP contribution in [0.2, 0.25) is 0 Å². The summed E-state index contributed by atoms with van der Waals surface area (Å²) in [5.41, 5.74) is 2.08. The number of aryl methyl sites for hydroxylation is 1. The van der Waals surface area contributed by atoms with E-state index in [0.29, 0.717) is 5.75 Å². The molecule has 134 valence electrons. The van der Waals surface area contributed by atoms with E-state index in [1.807, 2.05) is 48.5 Å². The SMILES string of the molecule is CCCCc1ccc(NC(=O)COc2ccc3ccccc3c2Br)cc1. The molecule has 0 aromatic heterocycles. The highest BCUT2D eigenvalue weighted by molar-refractivity contribution is 9.10. The van der Waals surface area contributed by atoms with Crippen LogP contribution in [0.4, 0.5) is 5.69 Å². The number of carbonyl (C=O) groups excluding carboxylic acids is 1. The predicted molar refractivity (Wildman–Crippen MR) is 111 cm³/mol. The summed E-state index contributed by atoms with van der Waals surface area (Å²) < 4.78 is 6.56. The molecule has 4 heteroatoms. The first-order valence-corrected chi connectivity index (χ1v) is 9.65. The molecule has 0 saturated heterocycles. The summed E-state index contributed by atoms with van der Waals surface area (Å²) in [7, 11) is 0. The van der Waals surface area contributed by atoms with Crippen molar-refractivity contribution in [3.63, 3.8) is 0 Å². The zero-order valence-corrected chi connectivity index (χ0v) is 16.4. The number of halogens is 1. The van der Waals surface area contributed by atoms with Gasteiger partial charge in [0.1, 0.15) is 5.75 Å². The van der Waals surface area contributed by atoms with Crippen LogP contribution in [0.15, 0.2) is 65.1 Å². The monoisotopic (exact) mass is 411 g/mol. The highest BCUT2D eigenvalue weighted by Crippen LogP contribution is 2.33. The van der Waals surface area contributed by atoms with Crippen molar-refractivity contribution in [2.24, 2.45) is 0 Å². The Morgan fingerprint density at radius 3 is 2.58 bits per heavy atom. The summed E-state index contributed by atoms with van der Waals surface area (Å²) in [4.78, 5) is 12.2. The molecule has 0 heterocycles. The fourth-order valence-corrected chi connectivity index (χ4v) is 3.41. The zero-order chi connectivity index (χ0) is 18.4. The Morgan fingerprint density at radius 1 is 1.04 bits per heavy atom. The van der Waals surface area contributed by atoms with E-state index in [1.165, 1.54) is 18.4 Å². The number of hydrogen-bond acceptors (Lipinski definition) is 2. The van der Waals surface area contributed by atoms with E-state index < -0.39 is 0 Å². The zero-order valence-electron chi connectivity index (χ0n) is 14.8. The lowest BCUT2D eigenvalue weighted by Crippen LogP contribution is -2.20. The van der Waals surface area contributed by atoms with Gasteiger partial charge in [0.2, 0.25) is 0 Å². The number of carbonyl (C=O) groups is 1. The molecule has 26 heavy (non-hydrogen) atoms. The number of unbranched alkanes of at least 4 members (excludes halogenated alkanes) is 1. The lowest BCUT2D eigenvalue weighted by atomic mass is 10.1. The lowest BCUT2D eigenvalue weighted by molar-refractivity contribution is -0.118. The Kier molecular flexibility index (Phi) is 6.29. The van der Waals surface area contributed by atoms with Crippen LogP contribution in [0, 0.1) is 0 Å². The number of benzene rings is 3. The molecular weight excluding hydrogens is 390 g/mol. The Balaban J connectivity index is 1.58. The maximum Gasteiger partial charge on any atom is 0.262 e. The largest absolute Gasteiger partial charge is 0.483 e. The number of fused-ring (bicyclic) bond motifs is 1. The average Bonchev–Trinajstić information content (AvgIpc) is 2.67. The molecule has 3 aromatic carbocycles. The average molecular weight is 412 g/mol. The molecule has 0 aliphatic heterocycles. The van der Waals surface area contributed by atoms with Crippen LogP contribution in [-0.4, -0.2) is 12.5 Å². The summed E-state index contributed by atoms with van der Waals surface area (Å²) in [6.45, 7) is 2.15. The summed E-state index contributed by atoms with van der Waals surface area (Å²) in [5.74, 6) is 0.486. The molecule has 0 aliphatic carbocycles. The van der Waals surface area contributed by atoms with E-state index in [2.05, 4.69) is 40.3 Å². The van der Waals surface area contributed by atoms with Crippen LogP contribution in [0.25, 0.3) is 10.8 Å². The number of hydrogen-bond donors (Lipinski definition) is 1. The van der Waals surface area contributed by atoms with Crippen LogP contribution in [0.5, 0.6) is 5.75 Å². The molecule has 0 fully saturated rings. The highest BCUT2D eigenvalue weighted by atomic mass is 79.9. The smallest absolute Gasteiger partial charge is 0.262 e. The van der Waals surface area contributed by atoms with Gasteiger partial charge in [0.15, 0.2) is 6.61 Å².